The van der Waals surface area contributed by atoms with Gasteiger partial charge in [-0.1, -0.05) is 0 Å². The summed E-state index contributed by atoms with van der Waals surface area (Å²) in [5, 5.41) is 8.43. The van der Waals surface area contributed by atoms with Crippen LogP contribution in [0.3, 0.4) is 0 Å². The molecule has 11 heavy (non-hydrogen) atoms. The minimum absolute atomic E-state index is 0.245. The van der Waals surface area contributed by atoms with Crippen molar-refractivity contribution in [1.82, 2.24) is 4.90 Å². The smallest absolute Gasteiger partial charge is 0.304 e. The first-order valence-corrected chi connectivity index (χ1v) is 3.99. The number of nitrogens with zero attached hydrogens (tertiary/aromatic N) is 1. The maximum atomic E-state index is 10.2. The molecule has 0 aromatic rings. The highest BCUT2D eigenvalue weighted by atomic mass is 16.4. The molecule has 64 valence electrons. The molecule has 0 spiro atoms. The standard InChI is InChI=1S/C8H15NO2/c1-8(2)4-6-9(8)5-3-7(10)11/h3-6H2,1-2H3,(H,10,11). The van der Waals surface area contributed by atoms with Crippen LogP contribution in [0.4, 0.5) is 0 Å². The van der Waals surface area contributed by atoms with Gasteiger partial charge in [0.15, 0.2) is 0 Å². The molecule has 1 rings (SSSR count). The quantitative estimate of drug-likeness (QED) is 0.663. The van der Waals surface area contributed by atoms with E-state index in [-0.39, 0.29) is 12.0 Å². The molecule has 0 atom stereocenters. The van der Waals surface area contributed by atoms with E-state index in [1.54, 1.807) is 0 Å². The highest BCUT2D eigenvalue weighted by Gasteiger charge is 2.35. The van der Waals surface area contributed by atoms with Crippen LogP contribution in [0, 0.1) is 0 Å². The summed E-state index contributed by atoms with van der Waals surface area (Å²) in [5.74, 6) is -0.701. The predicted octanol–water partition coefficient (Wildman–Crippen LogP) is 0.945. The summed E-state index contributed by atoms with van der Waals surface area (Å²) < 4.78 is 0. The molecule has 0 aromatic carbocycles. The van der Waals surface area contributed by atoms with E-state index in [4.69, 9.17) is 5.11 Å². The van der Waals surface area contributed by atoms with Crippen LogP contribution >= 0.6 is 0 Å². The molecule has 0 aromatic heterocycles. The van der Waals surface area contributed by atoms with Gasteiger partial charge in [0.05, 0.1) is 6.42 Å². The molecule has 0 aliphatic carbocycles. The molecule has 0 radical (unpaired) electrons. The Kier molecular flexibility index (Phi) is 2.18. The zero-order chi connectivity index (χ0) is 8.48. The molecule has 0 unspecified atom stereocenters. The molecule has 1 aliphatic rings. The number of carboxylic acids is 1. The SMILES string of the molecule is CC1(C)CCN1CCC(=O)O. The van der Waals surface area contributed by atoms with Crippen LogP contribution in [0.5, 0.6) is 0 Å². The summed E-state index contributed by atoms with van der Waals surface area (Å²) in [6.07, 6.45) is 1.45. The molecule has 1 heterocycles. The fourth-order valence-corrected chi connectivity index (χ4v) is 1.36. The van der Waals surface area contributed by atoms with Crippen molar-refractivity contribution in [3.63, 3.8) is 0 Å². The number of rotatable bonds is 3. The van der Waals surface area contributed by atoms with Crippen molar-refractivity contribution in [2.75, 3.05) is 13.1 Å². The van der Waals surface area contributed by atoms with Gasteiger partial charge in [0.1, 0.15) is 0 Å². The van der Waals surface area contributed by atoms with E-state index in [1.807, 2.05) is 0 Å². The van der Waals surface area contributed by atoms with E-state index in [0.717, 1.165) is 6.54 Å². The Bertz CT molecular complexity index is 165. The minimum Gasteiger partial charge on any atom is -0.481 e. The number of carboxylic acid groups (broad SMARTS) is 1. The summed E-state index contributed by atoms with van der Waals surface area (Å²) in [4.78, 5) is 12.4. The largest absolute Gasteiger partial charge is 0.481 e. The molecule has 1 aliphatic heterocycles. The number of hydrogen-bond donors (Lipinski definition) is 1. The second kappa shape index (κ2) is 2.81. The zero-order valence-corrected chi connectivity index (χ0v) is 7.13. The van der Waals surface area contributed by atoms with E-state index in [2.05, 4.69) is 18.7 Å². The summed E-state index contributed by atoms with van der Waals surface area (Å²) in [7, 11) is 0. The molecule has 1 saturated heterocycles. The Morgan fingerprint density at radius 2 is 2.27 bits per heavy atom. The fourth-order valence-electron chi connectivity index (χ4n) is 1.36. The van der Waals surface area contributed by atoms with Gasteiger partial charge in [0.25, 0.3) is 0 Å². The molecule has 3 heteroatoms. The molecule has 0 saturated carbocycles. The van der Waals surface area contributed by atoms with Crippen LogP contribution in [0.1, 0.15) is 26.7 Å². The summed E-state index contributed by atoms with van der Waals surface area (Å²) in [5.41, 5.74) is 0.245. The highest BCUT2D eigenvalue weighted by Crippen LogP contribution is 2.28. The van der Waals surface area contributed by atoms with Gasteiger partial charge in [-0.3, -0.25) is 9.69 Å². The lowest BCUT2D eigenvalue weighted by atomic mass is 9.89. The Hall–Kier alpha value is -0.570. The first kappa shape index (κ1) is 8.53. The van der Waals surface area contributed by atoms with Gasteiger partial charge in [-0.25, -0.2) is 0 Å². The normalized spacial score (nSPS) is 22.7. The Balaban J connectivity index is 2.23. The maximum Gasteiger partial charge on any atom is 0.304 e. The number of likely N-dealkylation sites (tertiary alicyclic amines) is 1. The van der Waals surface area contributed by atoms with Crippen molar-refractivity contribution in [3.05, 3.63) is 0 Å². The van der Waals surface area contributed by atoms with Gasteiger partial charge in [0, 0.05) is 18.6 Å². The molecule has 1 N–H and O–H groups in total. The molecule has 1 fully saturated rings. The number of carbonyl (C=O) groups is 1. The maximum absolute atomic E-state index is 10.2. The lowest BCUT2D eigenvalue weighted by molar-refractivity contribution is -0.138. The molecule has 0 bridgehead atoms. The third-order valence-corrected chi connectivity index (χ3v) is 2.45. The van der Waals surface area contributed by atoms with Crippen molar-refractivity contribution >= 4 is 5.97 Å². The van der Waals surface area contributed by atoms with Crippen LogP contribution in [0.2, 0.25) is 0 Å². The van der Waals surface area contributed by atoms with E-state index < -0.39 is 5.97 Å². The van der Waals surface area contributed by atoms with Crippen LogP contribution in [-0.2, 0) is 4.79 Å². The van der Waals surface area contributed by atoms with Crippen LogP contribution < -0.4 is 0 Å². The van der Waals surface area contributed by atoms with Crippen LogP contribution in [0.25, 0.3) is 0 Å². The van der Waals surface area contributed by atoms with Crippen molar-refractivity contribution in [2.45, 2.75) is 32.2 Å². The molecule has 0 amide bonds. The Labute approximate surface area is 67.0 Å². The van der Waals surface area contributed by atoms with Crippen molar-refractivity contribution in [1.29, 1.82) is 0 Å². The average Bonchev–Trinajstić information content (AvgIpc) is 1.85. The summed E-state index contributed by atoms with van der Waals surface area (Å²) >= 11 is 0. The fraction of sp³-hybridized carbons (Fsp3) is 0.875. The monoisotopic (exact) mass is 157 g/mol. The lowest BCUT2D eigenvalue weighted by Gasteiger charge is -2.48. The summed E-state index contributed by atoms with van der Waals surface area (Å²) in [6, 6.07) is 0. The summed E-state index contributed by atoms with van der Waals surface area (Å²) in [6.45, 7) is 6.05. The van der Waals surface area contributed by atoms with Crippen molar-refractivity contribution in [3.8, 4) is 0 Å². The second-order valence-corrected chi connectivity index (χ2v) is 3.69. The van der Waals surface area contributed by atoms with Crippen molar-refractivity contribution < 1.29 is 9.90 Å². The lowest BCUT2D eigenvalue weighted by Crippen LogP contribution is -2.56. The Morgan fingerprint density at radius 1 is 1.64 bits per heavy atom. The minimum atomic E-state index is -0.701. The first-order valence-electron chi connectivity index (χ1n) is 3.99. The molecule has 3 nitrogen and oxygen atoms in total. The van der Waals surface area contributed by atoms with Crippen LogP contribution in [-0.4, -0.2) is 34.6 Å². The van der Waals surface area contributed by atoms with Crippen molar-refractivity contribution in [2.24, 2.45) is 0 Å². The Morgan fingerprint density at radius 3 is 2.55 bits per heavy atom. The van der Waals surface area contributed by atoms with E-state index in [0.29, 0.717) is 6.54 Å². The van der Waals surface area contributed by atoms with Gasteiger partial charge >= 0.3 is 5.97 Å². The highest BCUT2D eigenvalue weighted by molar-refractivity contribution is 5.66. The molecular weight excluding hydrogens is 142 g/mol. The predicted molar refractivity (Wildman–Crippen MR) is 42.5 cm³/mol. The average molecular weight is 157 g/mol. The van der Waals surface area contributed by atoms with Gasteiger partial charge < -0.3 is 5.11 Å². The first-order chi connectivity index (χ1) is 5.02. The number of hydrogen-bond acceptors (Lipinski definition) is 2. The van der Waals surface area contributed by atoms with Gasteiger partial charge in [-0.15, -0.1) is 0 Å². The molecular formula is C8H15NO2. The van der Waals surface area contributed by atoms with E-state index in [1.165, 1.54) is 6.42 Å². The van der Waals surface area contributed by atoms with E-state index >= 15 is 0 Å². The van der Waals surface area contributed by atoms with Gasteiger partial charge in [0.2, 0.25) is 0 Å². The van der Waals surface area contributed by atoms with Gasteiger partial charge in [-0.05, 0) is 20.3 Å². The third kappa shape index (κ3) is 1.93. The second-order valence-electron chi connectivity index (χ2n) is 3.69. The number of aliphatic carboxylic acids is 1. The zero-order valence-electron chi connectivity index (χ0n) is 7.13. The third-order valence-electron chi connectivity index (χ3n) is 2.45. The van der Waals surface area contributed by atoms with Gasteiger partial charge in [-0.2, -0.15) is 0 Å². The topological polar surface area (TPSA) is 40.5 Å². The van der Waals surface area contributed by atoms with Crippen LogP contribution in [0.15, 0.2) is 0 Å². The van der Waals surface area contributed by atoms with E-state index in [9.17, 15) is 4.79 Å².